The molecule has 1 aromatic carbocycles. The SMILES string of the molecule is O=[N+]([O-])c1cc([N+](=O)[O-])c(-n2nc3c([n+]2[O-])[C@@H]2C(=[N+]([O-])O[C@@H]4C=CC[C@@H]42)[C@@H]2[C@H]4C=C[C@H](C4)[C@]32[N+](=O)[O-])c([N+](=O)[O-])c1. The molecular weight excluding hydrogens is 552 g/mol. The number of nitro benzene ring substituents is 3. The molecular formula is C22H16N8O11. The van der Waals surface area contributed by atoms with Gasteiger partial charge in [-0.3, -0.25) is 45.7 Å². The normalized spacial score (nSPS) is 31.7. The number of nitrogens with zero attached hydrogens (tertiary/aromatic N) is 8. The van der Waals surface area contributed by atoms with Crippen LogP contribution >= 0.6 is 0 Å². The van der Waals surface area contributed by atoms with Gasteiger partial charge in [-0.05, 0) is 18.8 Å². The summed E-state index contributed by atoms with van der Waals surface area (Å²) in [5.41, 5.74) is -7.27. The van der Waals surface area contributed by atoms with E-state index in [0.717, 1.165) is 0 Å². The Labute approximate surface area is 225 Å². The van der Waals surface area contributed by atoms with Crippen LogP contribution in [0.1, 0.15) is 30.1 Å². The smallest absolute Gasteiger partial charge is 0.314 e. The Bertz CT molecular complexity index is 1690. The molecule has 1 fully saturated rings. The predicted molar refractivity (Wildman–Crippen MR) is 129 cm³/mol. The maximum atomic E-state index is 14.1. The molecule has 19 heteroatoms. The lowest BCUT2D eigenvalue weighted by molar-refractivity contribution is -0.763. The monoisotopic (exact) mass is 568 g/mol. The largest absolute Gasteiger partial charge is 0.692 e. The summed E-state index contributed by atoms with van der Waals surface area (Å²) in [7, 11) is 0. The van der Waals surface area contributed by atoms with E-state index in [0.29, 0.717) is 18.6 Å². The molecule has 0 amide bonds. The van der Waals surface area contributed by atoms with E-state index in [9.17, 15) is 50.9 Å². The average Bonchev–Trinajstić information content (AvgIpc) is 3.70. The Hall–Kier alpha value is -5.49. The number of aromatic nitrogens is 3. The highest BCUT2D eigenvalue weighted by atomic mass is 16.9. The zero-order valence-electron chi connectivity index (χ0n) is 20.4. The minimum Gasteiger partial charge on any atom is -0.692 e. The van der Waals surface area contributed by atoms with Crippen LogP contribution in [-0.4, -0.2) is 46.3 Å². The molecule has 19 nitrogen and oxygen atoms in total. The van der Waals surface area contributed by atoms with Crippen LogP contribution in [0.5, 0.6) is 0 Å². The molecule has 1 aliphatic heterocycles. The van der Waals surface area contributed by atoms with E-state index in [4.69, 9.17) is 4.84 Å². The first-order valence-electron chi connectivity index (χ1n) is 12.3. The molecule has 0 N–H and O–H groups in total. The number of benzene rings is 1. The third kappa shape index (κ3) is 2.83. The molecule has 5 aliphatic rings. The standard InChI is InChI=1S/C22H16N8O11/c31-25-20-16-12-2-1-3-15(12)41-29(38)19(16)17-9-4-5-10(6-9)22(17,30(39)40)21(20)23-24(25)18-13(27(34)35)7-11(26(32)33)8-14(18)28(36)37/h1,3-5,7-10,12,15-17H,2,6H2/t9-,10+,12-,15+,16-,17-,22+/m0/s1. The van der Waals surface area contributed by atoms with Crippen molar-refractivity contribution in [3.63, 3.8) is 0 Å². The average molecular weight is 568 g/mol. The number of hydrogen-bond donors (Lipinski definition) is 0. The van der Waals surface area contributed by atoms with Crippen molar-refractivity contribution < 1.29 is 34.3 Å². The summed E-state index contributed by atoms with van der Waals surface area (Å²) in [5.74, 6) is -3.99. The minimum atomic E-state index is -2.15. The van der Waals surface area contributed by atoms with Gasteiger partial charge in [0.2, 0.25) is 5.71 Å². The summed E-state index contributed by atoms with van der Waals surface area (Å²) < 4.78 is 0. The molecule has 41 heavy (non-hydrogen) atoms. The lowest BCUT2D eigenvalue weighted by atomic mass is 9.60. The van der Waals surface area contributed by atoms with Gasteiger partial charge in [-0.15, -0.1) is 4.85 Å². The van der Waals surface area contributed by atoms with Crippen molar-refractivity contribution in [3.8, 4) is 5.69 Å². The van der Waals surface area contributed by atoms with Crippen LogP contribution in [0.2, 0.25) is 0 Å². The third-order valence-corrected chi connectivity index (χ3v) is 8.88. The van der Waals surface area contributed by atoms with Gasteiger partial charge in [-0.2, -0.15) is 0 Å². The van der Waals surface area contributed by atoms with Crippen LogP contribution in [0.25, 0.3) is 5.69 Å². The molecule has 0 spiro atoms. The van der Waals surface area contributed by atoms with Crippen molar-refractivity contribution in [3.05, 3.63) is 98.7 Å². The quantitative estimate of drug-likeness (QED) is 0.163. The predicted octanol–water partition coefficient (Wildman–Crippen LogP) is 1.46. The van der Waals surface area contributed by atoms with Gasteiger partial charge in [0.15, 0.2) is 5.69 Å². The van der Waals surface area contributed by atoms with E-state index in [2.05, 4.69) is 5.10 Å². The van der Waals surface area contributed by atoms with Crippen LogP contribution in [0, 0.1) is 74.5 Å². The van der Waals surface area contributed by atoms with Gasteiger partial charge in [0.25, 0.3) is 11.4 Å². The second-order valence-electron chi connectivity index (χ2n) is 10.5. The highest BCUT2D eigenvalue weighted by molar-refractivity contribution is 5.93. The van der Waals surface area contributed by atoms with Crippen LogP contribution in [0.4, 0.5) is 17.1 Å². The van der Waals surface area contributed by atoms with E-state index >= 15 is 0 Å². The molecule has 7 atom stereocenters. The van der Waals surface area contributed by atoms with Gasteiger partial charge in [0.1, 0.15) is 11.8 Å². The summed E-state index contributed by atoms with van der Waals surface area (Å²) >= 11 is 0. The van der Waals surface area contributed by atoms with Gasteiger partial charge in [0, 0.05) is 20.5 Å². The van der Waals surface area contributed by atoms with Crippen molar-refractivity contribution in [2.24, 2.45) is 23.7 Å². The maximum absolute atomic E-state index is 14.1. The fourth-order valence-corrected chi connectivity index (χ4v) is 7.45. The van der Waals surface area contributed by atoms with Gasteiger partial charge in [0.05, 0.1) is 44.0 Å². The Morgan fingerprint density at radius 2 is 1.66 bits per heavy atom. The molecule has 7 rings (SSSR count). The first-order valence-corrected chi connectivity index (χ1v) is 12.3. The Morgan fingerprint density at radius 1 is 0.976 bits per heavy atom. The van der Waals surface area contributed by atoms with E-state index in [-0.39, 0.29) is 38.1 Å². The summed E-state index contributed by atoms with van der Waals surface area (Å²) in [6.07, 6.45) is 6.51. The zero-order valence-corrected chi connectivity index (χ0v) is 20.4. The molecule has 0 saturated heterocycles. The number of non-ortho nitro benzene ring substituents is 1. The summed E-state index contributed by atoms with van der Waals surface area (Å²) in [6.45, 7) is 0. The van der Waals surface area contributed by atoms with Crippen LogP contribution < -0.4 is 4.85 Å². The Kier molecular flexibility index (Phi) is 4.67. The van der Waals surface area contributed by atoms with E-state index in [1.807, 2.05) is 0 Å². The highest BCUT2D eigenvalue weighted by Crippen LogP contribution is 2.63. The first kappa shape index (κ1) is 24.5. The number of hydrogen-bond acceptors (Lipinski definition) is 12. The molecule has 4 aliphatic carbocycles. The number of nitro groups is 4. The van der Waals surface area contributed by atoms with Crippen molar-refractivity contribution in [1.82, 2.24) is 9.90 Å². The number of fused-ring (bicyclic) bond motifs is 12. The van der Waals surface area contributed by atoms with Gasteiger partial charge in [-0.25, -0.2) is 0 Å². The first-order chi connectivity index (χ1) is 19.5. The van der Waals surface area contributed by atoms with Gasteiger partial charge in [-0.1, -0.05) is 24.3 Å². The molecule has 2 heterocycles. The molecule has 1 aromatic heterocycles. The third-order valence-electron chi connectivity index (χ3n) is 8.88. The maximum Gasteiger partial charge on any atom is 0.314 e. The second kappa shape index (κ2) is 7.79. The molecule has 210 valence electrons. The van der Waals surface area contributed by atoms with Crippen LogP contribution in [0.3, 0.4) is 0 Å². The Balaban J connectivity index is 1.59. The van der Waals surface area contributed by atoms with Gasteiger partial charge >= 0.3 is 22.6 Å². The molecule has 2 aromatic rings. The Morgan fingerprint density at radius 3 is 2.27 bits per heavy atom. The number of allylic oxidation sites excluding steroid dienone is 2. The fourth-order valence-electron chi connectivity index (χ4n) is 7.45. The summed E-state index contributed by atoms with van der Waals surface area (Å²) in [6, 6.07) is 0.884. The van der Waals surface area contributed by atoms with Gasteiger partial charge < -0.3 is 10.0 Å². The molecule has 0 unspecified atom stereocenters. The van der Waals surface area contributed by atoms with Crippen molar-refractivity contribution >= 4 is 22.8 Å². The zero-order chi connectivity index (χ0) is 29.1. The van der Waals surface area contributed by atoms with E-state index < -0.39 is 83.7 Å². The van der Waals surface area contributed by atoms with Crippen LogP contribution in [0.15, 0.2) is 36.4 Å². The lowest BCUT2D eigenvalue weighted by Crippen LogP contribution is -2.61. The second-order valence-corrected chi connectivity index (χ2v) is 10.5. The summed E-state index contributed by atoms with van der Waals surface area (Å²) in [5, 5.41) is 79.9. The summed E-state index contributed by atoms with van der Waals surface area (Å²) in [4.78, 5) is 50.3. The number of rotatable bonds is 5. The van der Waals surface area contributed by atoms with Crippen LogP contribution in [-0.2, 0) is 10.4 Å². The molecule has 1 saturated carbocycles. The topological polar surface area (TPSA) is 253 Å². The lowest BCUT2D eigenvalue weighted by Gasteiger charge is -2.41. The minimum absolute atomic E-state index is 0.00706. The van der Waals surface area contributed by atoms with Crippen molar-refractivity contribution in [1.29, 1.82) is 0 Å². The van der Waals surface area contributed by atoms with Crippen molar-refractivity contribution in [2.75, 3.05) is 0 Å². The van der Waals surface area contributed by atoms with Crippen molar-refractivity contribution in [2.45, 2.75) is 30.4 Å². The fraction of sp³-hybridized carbons (Fsp3) is 0.409. The van der Waals surface area contributed by atoms with E-state index in [1.54, 1.807) is 24.3 Å². The molecule has 0 radical (unpaired) electrons. The van der Waals surface area contributed by atoms with E-state index in [1.165, 1.54) is 0 Å². The molecule has 2 bridgehead atoms. The highest BCUT2D eigenvalue weighted by Gasteiger charge is 2.80.